The van der Waals surface area contributed by atoms with E-state index in [0.717, 1.165) is 35.6 Å². The molecule has 3 heterocycles. The summed E-state index contributed by atoms with van der Waals surface area (Å²) in [4.78, 5) is 32.6. The minimum absolute atomic E-state index is 0.0420. The number of carbonyl (C=O) groups is 2. The zero-order valence-electron chi connectivity index (χ0n) is 20.9. The first-order valence-corrected chi connectivity index (χ1v) is 13.4. The molecule has 2 aromatic carbocycles. The summed E-state index contributed by atoms with van der Waals surface area (Å²) in [5, 5.41) is 10.7. The van der Waals surface area contributed by atoms with Crippen LogP contribution in [-0.2, 0) is 11.3 Å². The maximum Gasteiger partial charge on any atom is 0.264 e. The molecule has 0 atom stereocenters. The van der Waals surface area contributed by atoms with Gasteiger partial charge in [0.05, 0.1) is 10.6 Å². The number of thiophene rings is 1. The Bertz CT molecular complexity index is 1350. The molecule has 0 saturated carbocycles. The van der Waals surface area contributed by atoms with Gasteiger partial charge in [-0.05, 0) is 47.7 Å². The zero-order chi connectivity index (χ0) is 26.3. The Morgan fingerprint density at radius 2 is 1.68 bits per heavy atom. The molecule has 2 aromatic heterocycles. The molecule has 9 heteroatoms. The normalized spacial score (nSPS) is 13.7. The molecule has 4 aromatic rings. The third-order valence-electron chi connectivity index (χ3n) is 6.52. The summed E-state index contributed by atoms with van der Waals surface area (Å²) < 4.78 is 13.4. The van der Waals surface area contributed by atoms with Gasteiger partial charge in [-0.1, -0.05) is 48.5 Å². The van der Waals surface area contributed by atoms with E-state index in [2.05, 4.69) is 15.1 Å². The van der Waals surface area contributed by atoms with Crippen LogP contribution in [0.25, 0.3) is 11.3 Å². The van der Waals surface area contributed by atoms with Gasteiger partial charge in [-0.25, -0.2) is 4.39 Å². The van der Waals surface area contributed by atoms with E-state index in [9.17, 15) is 14.0 Å². The Kier molecular flexibility index (Phi) is 8.04. The van der Waals surface area contributed by atoms with Crippen LogP contribution < -0.4 is 4.90 Å². The van der Waals surface area contributed by atoms with Gasteiger partial charge >= 0.3 is 0 Å². The highest BCUT2D eigenvalue weighted by Crippen LogP contribution is 2.20. The molecule has 0 N–H and O–H groups in total. The Balaban J connectivity index is 1.23. The average Bonchev–Trinajstić information content (AvgIpc) is 3.38. The third kappa shape index (κ3) is 6.23. The van der Waals surface area contributed by atoms with Gasteiger partial charge in [0.25, 0.3) is 5.91 Å². The molecule has 2 amide bonds. The molecular weight excluding hydrogens is 501 g/mol. The molecule has 0 aliphatic carbocycles. The SMILES string of the molecule is O=C(CN(Cc1ccc(F)cc1)C(=O)c1cccs1)N1CCCN(c2ccc(-c3ccccc3)nn2)CC1. The van der Waals surface area contributed by atoms with Gasteiger partial charge in [0.2, 0.25) is 5.91 Å². The number of carbonyl (C=O) groups excluding carboxylic acids is 2. The summed E-state index contributed by atoms with van der Waals surface area (Å²) in [6, 6.07) is 23.4. The first kappa shape index (κ1) is 25.5. The van der Waals surface area contributed by atoms with Crippen molar-refractivity contribution < 1.29 is 14.0 Å². The number of halogens is 1. The Morgan fingerprint density at radius 3 is 2.39 bits per heavy atom. The number of amides is 2. The van der Waals surface area contributed by atoms with Crippen LogP contribution in [0, 0.1) is 5.82 Å². The van der Waals surface area contributed by atoms with Gasteiger partial charge in [0.15, 0.2) is 5.82 Å². The van der Waals surface area contributed by atoms with Crippen molar-refractivity contribution in [3.05, 3.63) is 101 Å². The number of aromatic nitrogens is 2. The maximum absolute atomic E-state index is 13.4. The highest BCUT2D eigenvalue weighted by Gasteiger charge is 2.25. The van der Waals surface area contributed by atoms with Gasteiger partial charge in [0.1, 0.15) is 12.4 Å². The van der Waals surface area contributed by atoms with Crippen molar-refractivity contribution in [3.8, 4) is 11.3 Å². The molecule has 1 saturated heterocycles. The van der Waals surface area contributed by atoms with E-state index < -0.39 is 0 Å². The predicted octanol–water partition coefficient (Wildman–Crippen LogP) is 4.73. The summed E-state index contributed by atoms with van der Waals surface area (Å²) in [5.41, 5.74) is 2.60. The van der Waals surface area contributed by atoms with Crippen molar-refractivity contribution >= 4 is 29.0 Å². The number of hydrogen-bond donors (Lipinski definition) is 0. The minimum Gasteiger partial charge on any atom is -0.353 e. The fraction of sp³-hybridized carbons (Fsp3) is 0.241. The Labute approximate surface area is 225 Å². The van der Waals surface area contributed by atoms with E-state index in [1.807, 2.05) is 58.8 Å². The number of hydrogen-bond acceptors (Lipinski definition) is 6. The second kappa shape index (κ2) is 12.0. The molecular formula is C29H28FN5O2S. The second-order valence-corrected chi connectivity index (χ2v) is 10.1. The minimum atomic E-state index is -0.338. The quantitative estimate of drug-likeness (QED) is 0.346. The molecule has 0 radical (unpaired) electrons. The smallest absolute Gasteiger partial charge is 0.264 e. The van der Waals surface area contributed by atoms with Crippen LogP contribution in [-0.4, -0.2) is 64.5 Å². The highest BCUT2D eigenvalue weighted by molar-refractivity contribution is 7.12. The molecule has 1 fully saturated rings. The molecule has 194 valence electrons. The third-order valence-corrected chi connectivity index (χ3v) is 7.38. The lowest BCUT2D eigenvalue weighted by molar-refractivity contribution is -0.131. The van der Waals surface area contributed by atoms with Crippen molar-refractivity contribution in [3.63, 3.8) is 0 Å². The van der Waals surface area contributed by atoms with Gasteiger partial charge < -0.3 is 14.7 Å². The fourth-order valence-corrected chi connectivity index (χ4v) is 5.17. The predicted molar refractivity (Wildman–Crippen MR) is 146 cm³/mol. The van der Waals surface area contributed by atoms with Gasteiger partial charge in [0, 0.05) is 38.3 Å². The van der Waals surface area contributed by atoms with Crippen LogP contribution in [0.2, 0.25) is 0 Å². The van der Waals surface area contributed by atoms with E-state index in [1.165, 1.54) is 28.4 Å². The van der Waals surface area contributed by atoms with E-state index in [1.54, 1.807) is 18.2 Å². The Hall–Kier alpha value is -4.11. The van der Waals surface area contributed by atoms with Crippen molar-refractivity contribution in [1.29, 1.82) is 0 Å². The summed E-state index contributed by atoms with van der Waals surface area (Å²) in [6.07, 6.45) is 0.782. The standard InChI is InChI=1S/C29H28FN5O2S/c30-24-11-9-22(10-12-24)20-35(29(37)26-8-4-19-38-26)21-28(36)34-16-5-15-33(17-18-34)27-14-13-25(31-32-27)23-6-2-1-3-7-23/h1-4,6-14,19H,5,15-18,20-21H2. The number of rotatable bonds is 7. The lowest BCUT2D eigenvalue weighted by atomic mass is 10.1. The van der Waals surface area contributed by atoms with Crippen LogP contribution >= 0.6 is 11.3 Å². The summed E-state index contributed by atoms with van der Waals surface area (Å²) in [6.45, 7) is 2.70. The monoisotopic (exact) mass is 529 g/mol. The van der Waals surface area contributed by atoms with Crippen LogP contribution in [0.1, 0.15) is 21.7 Å². The number of anilines is 1. The van der Waals surface area contributed by atoms with Gasteiger partial charge in [-0.3, -0.25) is 9.59 Å². The fourth-order valence-electron chi connectivity index (χ4n) is 4.48. The van der Waals surface area contributed by atoms with Crippen LogP contribution in [0.3, 0.4) is 0 Å². The molecule has 0 spiro atoms. The number of nitrogens with zero attached hydrogens (tertiary/aromatic N) is 5. The molecule has 0 unspecified atom stereocenters. The van der Waals surface area contributed by atoms with Crippen LogP contribution in [0.5, 0.6) is 0 Å². The molecule has 7 nitrogen and oxygen atoms in total. The highest BCUT2D eigenvalue weighted by atomic mass is 32.1. The first-order chi connectivity index (χ1) is 18.6. The maximum atomic E-state index is 13.4. The molecule has 1 aliphatic rings. The van der Waals surface area contributed by atoms with E-state index in [0.29, 0.717) is 24.5 Å². The first-order valence-electron chi connectivity index (χ1n) is 12.6. The van der Waals surface area contributed by atoms with Gasteiger partial charge in [-0.2, -0.15) is 0 Å². The van der Waals surface area contributed by atoms with Crippen molar-refractivity contribution in [2.45, 2.75) is 13.0 Å². The molecule has 5 rings (SSSR count). The lowest BCUT2D eigenvalue weighted by Gasteiger charge is -2.27. The lowest BCUT2D eigenvalue weighted by Crippen LogP contribution is -2.43. The van der Waals surface area contributed by atoms with E-state index >= 15 is 0 Å². The van der Waals surface area contributed by atoms with Gasteiger partial charge in [-0.15, -0.1) is 21.5 Å². The summed E-state index contributed by atoms with van der Waals surface area (Å²) in [7, 11) is 0. The Morgan fingerprint density at radius 1 is 0.868 bits per heavy atom. The van der Waals surface area contributed by atoms with Crippen molar-refractivity contribution in [2.24, 2.45) is 0 Å². The topological polar surface area (TPSA) is 69.6 Å². The molecule has 38 heavy (non-hydrogen) atoms. The van der Waals surface area contributed by atoms with Crippen LogP contribution in [0.15, 0.2) is 84.2 Å². The average molecular weight is 530 g/mol. The molecule has 0 bridgehead atoms. The summed E-state index contributed by atoms with van der Waals surface area (Å²) in [5.74, 6) is 0.131. The van der Waals surface area contributed by atoms with E-state index in [-0.39, 0.29) is 30.7 Å². The number of benzene rings is 2. The second-order valence-electron chi connectivity index (χ2n) is 9.13. The van der Waals surface area contributed by atoms with Crippen molar-refractivity contribution in [2.75, 3.05) is 37.6 Å². The largest absolute Gasteiger partial charge is 0.353 e. The summed E-state index contributed by atoms with van der Waals surface area (Å²) >= 11 is 1.34. The zero-order valence-corrected chi connectivity index (χ0v) is 21.7. The van der Waals surface area contributed by atoms with Crippen molar-refractivity contribution in [1.82, 2.24) is 20.0 Å². The molecule has 1 aliphatic heterocycles. The van der Waals surface area contributed by atoms with E-state index in [4.69, 9.17) is 0 Å². The van der Waals surface area contributed by atoms with Crippen LogP contribution in [0.4, 0.5) is 10.2 Å².